The van der Waals surface area contributed by atoms with Gasteiger partial charge in [0.05, 0.1) is 6.54 Å². The maximum Gasteiger partial charge on any atom is 0.317 e. The van der Waals surface area contributed by atoms with Crippen molar-refractivity contribution < 1.29 is 28.2 Å². The molecule has 0 radical (unpaired) electrons. The van der Waals surface area contributed by atoms with E-state index in [1.807, 2.05) is 30.3 Å². The van der Waals surface area contributed by atoms with Gasteiger partial charge in [0.25, 0.3) is 0 Å². The fourth-order valence-corrected chi connectivity index (χ4v) is 3.73. The Balaban J connectivity index is 1.41. The first-order chi connectivity index (χ1) is 15.4. The summed E-state index contributed by atoms with van der Waals surface area (Å²) in [5.41, 5.74) is 3.14. The predicted molar refractivity (Wildman–Crippen MR) is 116 cm³/mol. The van der Waals surface area contributed by atoms with Crippen molar-refractivity contribution >= 4 is 5.97 Å². The van der Waals surface area contributed by atoms with E-state index in [0.717, 1.165) is 34.9 Å². The lowest BCUT2D eigenvalue weighted by Gasteiger charge is -2.31. The van der Waals surface area contributed by atoms with Crippen molar-refractivity contribution in [3.8, 4) is 22.6 Å². The molecule has 0 saturated heterocycles. The summed E-state index contributed by atoms with van der Waals surface area (Å²) in [5.74, 6) is -1.30. The Morgan fingerprint density at radius 1 is 1.12 bits per heavy atom. The molecule has 0 aliphatic carbocycles. The minimum Gasteiger partial charge on any atom is -0.492 e. The third-order valence-corrected chi connectivity index (χ3v) is 5.58. The Morgan fingerprint density at radius 2 is 1.88 bits per heavy atom. The Bertz CT molecular complexity index is 1120. The van der Waals surface area contributed by atoms with Gasteiger partial charge >= 0.3 is 5.97 Å². The number of hydrogen-bond donors (Lipinski definition) is 1. The molecule has 0 fully saturated rings. The van der Waals surface area contributed by atoms with E-state index >= 15 is 0 Å². The van der Waals surface area contributed by atoms with Gasteiger partial charge in [-0.15, -0.1) is 0 Å². The van der Waals surface area contributed by atoms with Crippen LogP contribution < -0.4 is 9.47 Å². The highest BCUT2D eigenvalue weighted by Gasteiger charge is 2.24. The fourth-order valence-electron chi connectivity index (χ4n) is 3.73. The molecule has 3 aromatic rings. The normalized spacial score (nSPS) is 15.2. The number of halogens is 2. The second-order valence-corrected chi connectivity index (χ2v) is 7.83. The van der Waals surface area contributed by atoms with Crippen molar-refractivity contribution in [2.24, 2.45) is 0 Å². The van der Waals surface area contributed by atoms with Gasteiger partial charge in [0.1, 0.15) is 24.7 Å². The molecule has 3 aromatic carbocycles. The van der Waals surface area contributed by atoms with E-state index in [2.05, 4.69) is 0 Å². The van der Waals surface area contributed by atoms with Crippen LogP contribution in [-0.2, 0) is 17.8 Å². The van der Waals surface area contributed by atoms with Crippen molar-refractivity contribution in [2.75, 3.05) is 20.2 Å². The molecule has 0 saturated carbocycles. The highest BCUT2D eigenvalue weighted by molar-refractivity contribution is 5.69. The summed E-state index contributed by atoms with van der Waals surface area (Å²) in [7, 11) is 1.79. The van der Waals surface area contributed by atoms with Crippen LogP contribution >= 0.6 is 0 Å². The smallest absolute Gasteiger partial charge is 0.317 e. The summed E-state index contributed by atoms with van der Waals surface area (Å²) in [6.07, 6.45) is 0.725. The number of carbonyl (C=O) groups is 1. The van der Waals surface area contributed by atoms with E-state index in [0.29, 0.717) is 12.4 Å². The number of fused-ring (bicyclic) bond motifs is 1. The minimum atomic E-state index is -0.894. The quantitative estimate of drug-likeness (QED) is 0.586. The summed E-state index contributed by atoms with van der Waals surface area (Å²) < 4.78 is 38.6. The average molecular weight is 439 g/mol. The van der Waals surface area contributed by atoms with E-state index < -0.39 is 17.6 Å². The molecule has 1 heterocycles. The first-order valence-corrected chi connectivity index (χ1v) is 10.2. The standard InChI is InChI=1S/C25H23F2NO4/c1-28(13-24(29)30)20-11-18-6-5-17(12-23(18)32-15-20)16-7-9-21(10-8-16)31-14-19-3-2-4-22(26)25(19)27/h2-10,12,20H,11,13-15H2,1H3,(H,29,30). The molecule has 5 nitrogen and oxygen atoms in total. The van der Waals surface area contributed by atoms with Crippen molar-refractivity contribution in [3.05, 3.63) is 83.4 Å². The Kier molecular flexibility index (Phi) is 6.37. The fraction of sp³-hybridized carbons (Fsp3) is 0.240. The summed E-state index contributed by atoms with van der Waals surface area (Å²) in [4.78, 5) is 12.7. The number of likely N-dealkylation sites (N-methyl/N-ethyl adjacent to an activating group) is 1. The molecule has 1 unspecified atom stereocenters. The summed E-state index contributed by atoms with van der Waals surface area (Å²) in [5, 5.41) is 8.98. The van der Waals surface area contributed by atoms with Crippen LogP contribution in [0.5, 0.6) is 11.5 Å². The second kappa shape index (κ2) is 9.36. The van der Waals surface area contributed by atoms with Crippen LogP contribution in [0.15, 0.2) is 60.7 Å². The molecule has 0 aromatic heterocycles. The van der Waals surface area contributed by atoms with Gasteiger partial charge in [0, 0.05) is 11.6 Å². The predicted octanol–water partition coefficient (Wildman–Crippen LogP) is 4.53. The van der Waals surface area contributed by atoms with E-state index in [1.54, 1.807) is 24.1 Å². The molecule has 32 heavy (non-hydrogen) atoms. The zero-order valence-electron chi connectivity index (χ0n) is 17.6. The summed E-state index contributed by atoms with van der Waals surface area (Å²) >= 11 is 0. The van der Waals surface area contributed by atoms with Crippen molar-refractivity contribution in [3.63, 3.8) is 0 Å². The molecule has 166 valence electrons. The largest absolute Gasteiger partial charge is 0.492 e. The van der Waals surface area contributed by atoms with Gasteiger partial charge in [0.2, 0.25) is 0 Å². The minimum absolute atomic E-state index is 0.0174. The van der Waals surface area contributed by atoms with Gasteiger partial charge in [-0.3, -0.25) is 9.69 Å². The van der Waals surface area contributed by atoms with Crippen LogP contribution in [0.1, 0.15) is 11.1 Å². The Morgan fingerprint density at radius 3 is 2.62 bits per heavy atom. The molecule has 0 bridgehead atoms. The molecule has 1 atom stereocenters. The molecule has 4 rings (SSSR count). The number of aliphatic carboxylic acids is 1. The lowest BCUT2D eigenvalue weighted by atomic mass is 9.97. The molecule has 7 heteroatoms. The van der Waals surface area contributed by atoms with Crippen LogP contribution in [0, 0.1) is 11.6 Å². The average Bonchev–Trinajstić information content (AvgIpc) is 2.79. The maximum atomic E-state index is 13.8. The van der Waals surface area contributed by atoms with Crippen LogP contribution in [-0.4, -0.2) is 42.2 Å². The maximum absolute atomic E-state index is 13.8. The van der Waals surface area contributed by atoms with Gasteiger partial charge in [-0.1, -0.05) is 36.4 Å². The summed E-state index contributed by atoms with van der Waals surface area (Å²) in [6, 6.07) is 17.4. The Hall–Kier alpha value is -3.45. The van der Waals surface area contributed by atoms with Crippen molar-refractivity contribution in [1.29, 1.82) is 0 Å². The summed E-state index contributed by atoms with van der Waals surface area (Å²) in [6.45, 7) is 0.346. The zero-order chi connectivity index (χ0) is 22.7. The molecule has 0 amide bonds. The highest BCUT2D eigenvalue weighted by atomic mass is 19.2. The topological polar surface area (TPSA) is 59.0 Å². The molecule has 1 aliphatic heterocycles. The molecular weight excluding hydrogens is 416 g/mol. The van der Waals surface area contributed by atoms with E-state index in [1.165, 1.54) is 12.1 Å². The first kappa shape index (κ1) is 21.8. The van der Waals surface area contributed by atoms with Crippen molar-refractivity contribution in [1.82, 2.24) is 4.90 Å². The van der Waals surface area contributed by atoms with Gasteiger partial charge in [-0.2, -0.15) is 0 Å². The monoisotopic (exact) mass is 439 g/mol. The van der Waals surface area contributed by atoms with E-state index in [9.17, 15) is 13.6 Å². The lowest BCUT2D eigenvalue weighted by molar-refractivity contribution is -0.138. The number of carboxylic acids is 1. The van der Waals surface area contributed by atoms with Gasteiger partial charge in [-0.25, -0.2) is 8.78 Å². The molecule has 1 N–H and O–H groups in total. The SMILES string of the molecule is CN(CC(=O)O)C1COc2cc(-c3ccc(OCc4cccc(F)c4F)cc3)ccc2C1. The third kappa shape index (κ3) is 4.89. The number of hydrogen-bond acceptors (Lipinski definition) is 4. The van der Waals surface area contributed by atoms with E-state index in [4.69, 9.17) is 14.6 Å². The van der Waals surface area contributed by atoms with Crippen LogP contribution in [0.4, 0.5) is 8.78 Å². The Labute approximate surface area is 184 Å². The number of rotatable bonds is 7. The highest BCUT2D eigenvalue weighted by Crippen LogP contribution is 2.32. The van der Waals surface area contributed by atoms with E-state index in [-0.39, 0.29) is 24.8 Å². The molecule has 1 aliphatic rings. The van der Waals surface area contributed by atoms with Crippen molar-refractivity contribution in [2.45, 2.75) is 19.1 Å². The second-order valence-electron chi connectivity index (χ2n) is 7.83. The number of ether oxygens (including phenoxy) is 2. The third-order valence-electron chi connectivity index (χ3n) is 5.58. The number of carboxylic acid groups (broad SMARTS) is 1. The van der Waals surface area contributed by atoms with Crippen LogP contribution in [0.2, 0.25) is 0 Å². The molecule has 0 spiro atoms. The van der Waals surface area contributed by atoms with Gasteiger partial charge in [0.15, 0.2) is 11.6 Å². The number of benzene rings is 3. The van der Waals surface area contributed by atoms with Gasteiger partial charge in [-0.05, 0) is 54.4 Å². The zero-order valence-corrected chi connectivity index (χ0v) is 17.6. The molecular formula is C25H23F2NO4. The first-order valence-electron chi connectivity index (χ1n) is 10.2. The number of nitrogens with zero attached hydrogens (tertiary/aromatic N) is 1. The van der Waals surface area contributed by atoms with Crippen LogP contribution in [0.25, 0.3) is 11.1 Å². The van der Waals surface area contributed by atoms with Crippen LogP contribution in [0.3, 0.4) is 0 Å². The van der Waals surface area contributed by atoms with Gasteiger partial charge < -0.3 is 14.6 Å². The lowest BCUT2D eigenvalue weighted by Crippen LogP contribution is -2.43.